The van der Waals surface area contributed by atoms with Gasteiger partial charge in [-0.25, -0.2) is 8.78 Å². The van der Waals surface area contributed by atoms with E-state index in [9.17, 15) is 13.2 Å². The van der Waals surface area contributed by atoms with Crippen LogP contribution in [0.25, 0.3) is 11.1 Å². The molecule has 3 rings (SSSR count). The third-order valence-electron chi connectivity index (χ3n) is 5.92. The second-order valence-corrected chi connectivity index (χ2v) is 7.77. The van der Waals surface area contributed by atoms with Gasteiger partial charge in [0.2, 0.25) is 5.82 Å². The average Bonchev–Trinajstić information content (AvgIpc) is 2.72. The van der Waals surface area contributed by atoms with Crippen molar-refractivity contribution >= 4 is 0 Å². The van der Waals surface area contributed by atoms with Crippen molar-refractivity contribution in [2.45, 2.75) is 58.3 Å². The van der Waals surface area contributed by atoms with Crippen LogP contribution in [0.15, 0.2) is 42.5 Å². The number of hydrogen-bond donors (Lipinski definition) is 0. The normalized spacial score (nSPS) is 19.6. The number of allylic oxidation sites excluding steroid dienone is 2. The summed E-state index contributed by atoms with van der Waals surface area (Å²) in [6.07, 6.45) is 10.8. The van der Waals surface area contributed by atoms with Crippen LogP contribution in [0, 0.1) is 23.4 Å². The zero-order valence-electron chi connectivity index (χ0n) is 17.2. The Hall–Kier alpha value is -2.23. The van der Waals surface area contributed by atoms with E-state index >= 15 is 0 Å². The smallest absolute Gasteiger partial charge is 0.201 e. The first kappa shape index (κ1) is 21.5. The summed E-state index contributed by atoms with van der Waals surface area (Å²) in [6.45, 7) is 3.99. The third-order valence-corrected chi connectivity index (χ3v) is 5.92. The Bertz CT molecular complexity index is 851. The molecule has 0 atom stereocenters. The molecular formula is C25H29F3O. The van der Waals surface area contributed by atoms with Crippen molar-refractivity contribution in [3.8, 4) is 16.9 Å². The number of rotatable bonds is 7. The predicted molar refractivity (Wildman–Crippen MR) is 112 cm³/mol. The summed E-state index contributed by atoms with van der Waals surface area (Å²) in [4.78, 5) is 0. The summed E-state index contributed by atoms with van der Waals surface area (Å²) in [7, 11) is 0. The van der Waals surface area contributed by atoms with E-state index in [1.165, 1.54) is 24.6 Å². The molecule has 0 N–H and O–H groups in total. The molecule has 2 aromatic carbocycles. The Labute approximate surface area is 171 Å². The average molecular weight is 403 g/mol. The molecule has 1 saturated carbocycles. The number of hydrogen-bond acceptors (Lipinski definition) is 1. The number of ether oxygens (including phenoxy) is 1. The highest BCUT2D eigenvalue weighted by Crippen LogP contribution is 2.39. The topological polar surface area (TPSA) is 9.23 Å². The summed E-state index contributed by atoms with van der Waals surface area (Å²) in [5.74, 6) is -1.60. The first-order valence-electron chi connectivity index (χ1n) is 10.6. The van der Waals surface area contributed by atoms with Crippen LogP contribution in [0.3, 0.4) is 0 Å². The van der Waals surface area contributed by atoms with Crippen molar-refractivity contribution in [2.75, 3.05) is 6.61 Å². The third kappa shape index (κ3) is 5.04. The highest BCUT2D eigenvalue weighted by atomic mass is 19.2. The molecule has 0 saturated heterocycles. The van der Waals surface area contributed by atoms with Gasteiger partial charge < -0.3 is 4.74 Å². The minimum absolute atomic E-state index is 0.0455. The molecule has 1 fully saturated rings. The Morgan fingerprint density at radius 1 is 1.00 bits per heavy atom. The largest absolute Gasteiger partial charge is 0.491 e. The first-order valence-corrected chi connectivity index (χ1v) is 10.6. The van der Waals surface area contributed by atoms with Crippen molar-refractivity contribution in [1.29, 1.82) is 0 Å². The lowest BCUT2D eigenvalue weighted by atomic mass is 9.77. The van der Waals surface area contributed by atoms with Gasteiger partial charge in [0.15, 0.2) is 11.6 Å². The van der Waals surface area contributed by atoms with Crippen LogP contribution >= 0.6 is 0 Å². The molecule has 0 aliphatic heterocycles. The maximum atomic E-state index is 14.8. The van der Waals surface area contributed by atoms with Crippen molar-refractivity contribution in [3.63, 3.8) is 0 Å². The molecule has 0 radical (unpaired) electrons. The van der Waals surface area contributed by atoms with E-state index in [0.717, 1.165) is 32.1 Å². The molecule has 0 amide bonds. The van der Waals surface area contributed by atoms with Gasteiger partial charge in [0.25, 0.3) is 0 Å². The monoisotopic (exact) mass is 402 g/mol. The van der Waals surface area contributed by atoms with Gasteiger partial charge >= 0.3 is 0 Å². The molecule has 29 heavy (non-hydrogen) atoms. The Kier molecular flexibility index (Phi) is 7.40. The molecule has 4 heteroatoms. The molecule has 1 aliphatic carbocycles. The van der Waals surface area contributed by atoms with E-state index < -0.39 is 11.6 Å². The van der Waals surface area contributed by atoms with E-state index in [2.05, 4.69) is 12.2 Å². The molecule has 0 heterocycles. The van der Waals surface area contributed by atoms with Crippen molar-refractivity contribution in [3.05, 3.63) is 65.5 Å². The van der Waals surface area contributed by atoms with Crippen LogP contribution in [-0.4, -0.2) is 6.61 Å². The van der Waals surface area contributed by atoms with Gasteiger partial charge in [-0.2, -0.15) is 4.39 Å². The maximum absolute atomic E-state index is 14.8. The maximum Gasteiger partial charge on any atom is 0.201 e. The molecule has 156 valence electrons. The summed E-state index contributed by atoms with van der Waals surface area (Å²) in [6, 6.07) is 7.58. The Morgan fingerprint density at radius 2 is 1.76 bits per heavy atom. The minimum atomic E-state index is -1.04. The van der Waals surface area contributed by atoms with Gasteiger partial charge in [-0.1, -0.05) is 24.3 Å². The Morgan fingerprint density at radius 3 is 2.41 bits per heavy atom. The fraction of sp³-hybridized carbons (Fsp3) is 0.440. The van der Waals surface area contributed by atoms with Crippen molar-refractivity contribution in [2.24, 2.45) is 5.92 Å². The molecule has 0 unspecified atom stereocenters. The van der Waals surface area contributed by atoms with E-state index in [4.69, 9.17) is 4.74 Å². The van der Waals surface area contributed by atoms with Gasteiger partial charge in [0, 0.05) is 5.56 Å². The predicted octanol–water partition coefficient (Wildman–Crippen LogP) is 7.80. The lowest BCUT2D eigenvalue weighted by molar-refractivity contribution is 0.308. The lowest BCUT2D eigenvalue weighted by Crippen LogP contribution is -2.14. The van der Waals surface area contributed by atoms with E-state index in [1.807, 2.05) is 6.92 Å². The quantitative estimate of drug-likeness (QED) is 0.429. The van der Waals surface area contributed by atoms with E-state index in [1.54, 1.807) is 19.1 Å². The Balaban J connectivity index is 1.72. The van der Waals surface area contributed by atoms with Crippen LogP contribution in [0.1, 0.15) is 63.9 Å². The summed E-state index contributed by atoms with van der Waals surface area (Å²) >= 11 is 0. The molecule has 0 bridgehead atoms. The summed E-state index contributed by atoms with van der Waals surface area (Å²) < 4.78 is 48.5. The summed E-state index contributed by atoms with van der Waals surface area (Å²) in [5, 5.41) is 0. The van der Waals surface area contributed by atoms with Gasteiger partial charge in [0.1, 0.15) is 5.82 Å². The van der Waals surface area contributed by atoms with Crippen LogP contribution < -0.4 is 4.74 Å². The van der Waals surface area contributed by atoms with Gasteiger partial charge in [-0.05, 0) is 93.5 Å². The molecular weight excluding hydrogens is 373 g/mol. The van der Waals surface area contributed by atoms with Crippen molar-refractivity contribution in [1.82, 2.24) is 0 Å². The van der Waals surface area contributed by atoms with Crippen LogP contribution in [0.5, 0.6) is 5.75 Å². The van der Waals surface area contributed by atoms with Gasteiger partial charge in [0.05, 0.1) is 6.61 Å². The minimum Gasteiger partial charge on any atom is -0.491 e. The molecule has 1 nitrogen and oxygen atoms in total. The molecule has 0 spiro atoms. The fourth-order valence-corrected chi connectivity index (χ4v) is 4.31. The standard InChI is InChI=1S/C25H29F3O/c1-3-5-6-7-17-8-10-18(11-9-17)20-13-12-19(16-22(20)26)21-14-15-23(29-4-2)25(28)24(21)27/h3,5,12-18H,4,6-11H2,1-2H3/b5-3+. The van der Waals surface area contributed by atoms with Crippen LogP contribution in [0.4, 0.5) is 13.2 Å². The zero-order valence-corrected chi connectivity index (χ0v) is 17.2. The lowest BCUT2D eigenvalue weighted by Gasteiger charge is -2.29. The number of halogens is 3. The highest BCUT2D eigenvalue weighted by Gasteiger charge is 2.24. The first-order chi connectivity index (χ1) is 14.0. The van der Waals surface area contributed by atoms with Crippen LogP contribution in [-0.2, 0) is 0 Å². The molecule has 2 aromatic rings. The SMILES string of the molecule is C/C=C/CCC1CCC(c2ccc(-c3ccc(OCC)c(F)c3F)cc2F)CC1. The second-order valence-electron chi connectivity index (χ2n) is 7.77. The molecule has 0 aromatic heterocycles. The highest BCUT2D eigenvalue weighted by molar-refractivity contribution is 5.66. The van der Waals surface area contributed by atoms with Crippen molar-refractivity contribution < 1.29 is 17.9 Å². The van der Waals surface area contributed by atoms with Gasteiger partial charge in [-0.15, -0.1) is 0 Å². The summed E-state index contributed by atoms with van der Waals surface area (Å²) in [5.41, 5.74) is 1.07. The van der Waals surface area contributed by atoms with E-state index in [-0.39, 0.29) is 29.7 Å². The fourth-order valence-electron chi connectivity index (χ4n) is 4.31. The molecule has 1 aliphatic rings. The van der Waals surface area contributed by atoms with Crippen LogP contribution in [0.2, 0.25) is 0 Å². The second kappa shape index (κ2) is 10.00. The van der Waals surface area contributed by atoms with E-state index in [0.29, 0.717) is 17.0 Å². The zero-order chi connectivity index (χ0) is 20.8. The van der Waals surface area contributed by atoms with Gasteiger partial charge in [-0.3, -0.25) is 0 Å². The number of benzene rings is 2.